The maximum atomic E-state index is 14.7. The molecule has 1 aliphatic rings. The van der Waals surface area contributed by atoms with E-state index in [4.69, 9.17) is 4.74 Å². The zero-order chi connectivity index (χ0) is 22.7. The van der Waals surface area contributed by atoms with Crippen LogP contribution in [-0.4, -0.2) is 19.3 Å². The van der Waals surface area contributed by atoms with Crippen LogP contribution >= 0.6 is 11.8 Å². The number of hydrogen-bond acceptors (Lipinski definition) is 5. The number of methoxy groups -OCH3 is 1. The molecule has 0 spiro atoms. The van der Waals surface area contributed by atoms with E-state index >= 15 is 0 Å². The Hall–Kier alpha value is -3.38. The second-order valence-electron chi connectivity index (χ2n) is 6.60. The summed E-state index contributed by atoms with van der Waals surface area (Å²) in [6, 6.07) is 9.75. The first-order chi connectivity index (χ1) is 14.8. The Kier molecular flexibility index (Phi) is 6.61. The topological polar surface area (TPSA) is 74.2 Å². The van der Waals surface area contributed by atoms with Gasteiger partial charge in [-0.1, -0.05) is 12.1 Å². The van der Waals surface area contributed by atoms with Crippen LogP contribution in [0.15, 0.2) is 58.3 Å². The molecule has 0 saturated carbocycles. The standard InChI is InChI=1S/C22H18F3N3O2S/c1-11-19(21(29)28-17-6-4-5-7-18(17)30-2)20(13(10-26)22(27-11)31-3)12-8-15(24)16(25)9-14(12)23/h4-9,20,27H,1-3H3,(H,28,29). The van der Waals surface area contributed by atoms with Gasteiger partial charge in [0.05, 0.1) is 35.4 Å². The number of nitriles is 1. The number of anilines is 1. The van der Waals surface area contributed by atoms with Gasteiger partial charge in [-0.25, -0.2) is 13.2 Å². The van der Waals surface area contributed by atoms with Crippen LogP contribution in [0.4, 0.5) is 18.9 Å². The van der Waals surface area contributed by atoms with E-state index in [1.807, 2.05) is 6.07 Å². The minimum absolute atomic E-state index is 0.00478. The molecule has 0 aliphatic carbocycles. The molecular weight excluding hydrogens is 427 g/mol. The Labute approximate surface area is 181 Å². The van der Waals surface area contributed by atoms with Crippen LogP contribution in [0.5, 0.6) is 5.75 Å². The third-order valence-electron chi connectivity index (χ3n) is 4.80. The van der Waals surface area contributed by atoms with Crippen molar-refractivity contribution in [2.75, 3.05) is 18.7 Å². The smallest absolute Gasteiger partial charge is 0.254 e. The number of rotatable bonds is 5. The Morgan fingerprint density at radius 1 is 1.19 bits per heavy atom. The maximum absolute atomic E-state index is 14.7. The third kappa shape index (κ3) is 4.25. The summed E-state index contributed by atoms with van der Waals surface area (Å²) in [5, 5.41) is 15.8. The van der Waals surface area contributed by atoms with Crippen LogP contribution in [0.2, 0.25) is 0 Å². The van der Waals surface area contributed by atoms with E-state index in [-0.39, 0.29) is 16.7 Å². The number of benzene rings is 2. The summed E-state index contributed by atoms with van der Waals surface area (Å²) < 4.78 is 47.5. The molecule has 31 heavy (non-hydrogen) atoms. The second-order valence-corrected chi connectivity index (χ2v) is 7.41. The van der Waals surface area contributed by atoms with Crippen molar-refractivity contribution in [2.45, 2.75) is 12.8 Å². The van der Waals surface area contributed by atoms with E-state index < -0.39 is 29.3 Å². The van der Waals surface area contributed by atoms with Gasteiger partial charge in [-0.2, -0.15) is 5.26 Å². The van der Waals surface area contributed by atoms with Crippen LogP contribution in [0.25, 0.3) is 0 Å². The molecule has 160 valence electrons. The highest BCUT2D eigenvalue weighted by Crippen LogP contribution is 2.42. The van der Waals surface area contributed by atoms with Crippen LogP contribution < -0.4 is 15.4 Å². The quantitative estimate of drug-likeness (QED) is 0.646. The molecule has 5 nitrogen and oxygen atoms in total. The van der Waals surface area contributed by atoms with E-state index in [0.29, 0.717) is 34.3 Å². The van der Waals surface area contributed by atoms with Gasteiger partial charge in [0.1, 0.15) is 11.6 Å². The molecule has 1 atom stereocenters. The Morgan fingerprint density at radius 2 is 1.87 bits per heavy atom. The minimum atomic E-state index is -1.36. The fourth-order valence-electron chi connectivity index (χ4n) is 3.38. The number of amides is 1. The minimum Gasteiger partial charge on any atom is -0.495 e. The number of halogens is 3. The van der Waals surface area contributed by atoms with Crippen molar-refractivity contribution in [3.05, 3.63) is 81.3 Å². The molecule has 1 amide bonds. The first-order valence-corrected chi connectivity index (χ1v) is 10.3. The molecule has 2 N–H and O–H groups in total. The van der Waals surface area contributed by atoms with Gasteiger partial charge in [-0.3, -0.25) is 4.79 Å². The number of dihydropyridines is 1. The summed E-state index contributed by atoms with van der Waals surface area (Å²) in [5.41, 5.74) is 0.425. The number of carbonyl (C=O) groups excluding carboxylic acids is 1. The maximum Gasteiger partial charge on any atom is 0.254 e. The molecule has 0 saturated heterocycles. The molecule has 3 rings (SSSR count). The number of para-hydroxylation sites is 2. The second kappa shape index (κ2) is 9.18. The number of nitrogens with one attached hydrogen (secondary N) is 2. The van der Waals surface area contributed by atoms with Gasteiger partial charge in [-0.15, -0.1) is 11.8 Å². The SMILES string of the molecule is COc1ccccc1NC(=O)C1=C(C)NC(SC)=C(C#N)C1c1cc(F)c(F)cc1F. The van der Waals surface area contributed by atoms with Crippen LogP contribution in [0.3, 0.4) is 0 Å². The highest BCUT2D eigenvalue weighted by Gasteiger charge is 2.36. The van der Waals surface area contributed by atoms with Crippen molar-refractivity contribution in [3.63, 3.8) is 0 Å². The molecule has 0 fully saturated rings. The van der Waals surface area contributed by atoms with Gasteiger partial charge in [0.15, 0.2) is 11.6 Å². The molecular formula is C22H18F3N3O2S. The van der Waals surface area contributed by atoms with E-state index in [0.717, 1.165) is 0 Å². The lowest BCUT2D eigenvalue weighted by Gasteiger charge is -2.29. The first-order valence-electron chi connectivity index (χ1n) is 9.07. The lowest BCUT2D eigenvalue weighted by Crippen LogP contribution is -2.31. The van der Waals surface area contributed by atoms with Crippen molar-refractivity contribution in [3.8, 4) is 11.8 Å². The summed E-state index contributed by atoms with van der Waals surface area (Å²) in [5.74, 6) is -5.18. The zero-order valence-corrected chi connectivity index (χ0v) is 17.7. The summed E-state index contributed by atoms with van der Waals surface area (Å²) in [6.07, 6.45) is 1.70. The lowest BCUT2D eigenvalue weighted by atomic mass is 9.81. The summed E-state index contributed by atoms with van der Waals surface area (Å²) in [4.78, 5) is 13.3. The summed E-state index contributed by atoms with van der Waals surface area (Å²) in [7, 11) is 1.44. The Balaban J connectivity index is 2.16. The van der Waals surface area contributed by atoms with Crippen molar-refractivity contribution in [1.82, 2.24) is 5.32 Å². The predicted octanol–water partition coefficient (Wildman–Crippen LogP) is 4.81. The van der Waals surface area contributed by atoms with Gasteiger partial charge in [0.2, 0.25) is 0 Å². The van der Waals surface area contributed by atoms with E-state index in [9.17, 15) is 23.2 Å². The highest BCUT2D eigenvalue weighted by molar-refractivity contribution is 8.02. The fourth-order valence-corrected chi connectivity index (χ4v) is 4.02. The Morgan fingerprint density at radius 3 is 2.52 bits per heavy atom. The van der Waals surface area contributed by atoms with E-state index in [1.165, 1.54) is 18.9 Å². The van der Waals surface area contributed by atoms with Gasteiger partial charge in [-0.05, 0) is 31.4 Å². The molecule has 1 aliphatic heterocycles. The molecule has 0 bridgehead atoms. The number of hydrogen-bond donors (Lipinski definition) is 2. The number of carbonyl (C=O) groups is 1. The largest absolute Gasteiger partial charge is 0.495 e. The Bertz CT molecular complexity index is 1160. The van der Waals surface area contributed by atoms with E-state index in [2.05, 4.69) is 10.6 Å². The average molecular weight is 445 g/mol. The van der Waals surface area contributed by atoms with Crippen molar-refractivity contribution < 1.29 is 22.7 Å². The monoisotopic (exact) mass is 445 g/mol. The number of nitrogens with zero attached hydrogens (tertiary/aromatic N) is 1. The summed E-state index contributed by atoms with van der Waals surface area (Å²) >= 11 is 1.19. The molecule has 0 radical (unpaired) electrons. The molecule has 0 aromatic heterocycles. The number of thioether (sulfide) groups is 1. The van der Waals surface area contributed by atoms with Crippen LogP contribution in [0.1, 0.15) is 18.4 Å². The molecule has 1 heterocycles. The molecule has 1 unspecified atom stereocenters. The van der Waals surface area contributed by atoms with Crippen molar-refractivity contribution in [2.24, 2.45) is 0 Å². The molecule has 2 aromatic rings. The van der Waals surface area contributed by atoms with E-state index in [1.54, 1.807) is 37.4 Å². The number of ether oxygens (including phenoxy) is 1. The molecule has 9 heteroatoms. The van der Waals surface area contributed by atoms with Gasteiger partial charge < -0.3 is 15.4 Å². The van der Waals surface area contributed by atoms with Gasteiger partial charge >= 0.3 is 0 Å². The van der Waals surface area contributed by atoms with Gasteiger partial charge in [0, 0.05) is 22.9 Å². The van der Waals surface area contributed by atoms with Crippen molar-refractivity contribution >= 4 is 23.4 Å². The third-order valence-corrected chi connectivity index (χ3v) is 5.53. The highest BCUT2D eigenvalue weighted by atomic mass is 32.2. The fraction of sp³-hybridized carbons (Fsp3) is 0.182. The zero-order valence-electron chi connectivity index (χ0n) is 16.8. The van der Waals surface area contributed by atoms with Gasteiger partial charge in [0.25, 0.3) is 5.91 Å². The lowest BCUT2D eigenvalue weighted by molar-refractivity contribution is -0.113. The van der Waals surface area contributed by atoms with Crippen LogP contribution in [-0.2, 0) is 4.79 Å². The van der Waals surface area contributed by atoms with Crippen molar-refractivity contribution in [1.29, 1.82) is 5.26 Å². The first kappa shape index (κ1) is 22.3. The average Bonchev–Trinajstić information content (AvgIpc) is 2.75. The summed E-state index contributed by atoms with van der Waals surface area (Å²) in [6.45, 7) is 1.59. The van der Waals surface area contributed by atoms with Crippen LogP contribution in [0, 0.1) is 28.8 Å². The normalized spacial score (nSPS) is 16.0. The predicted molar refractivity (Wildman–Crippen MR) is 113 cm³/mol. The number of allylic oxidation sites excluding steroid dienone is 2. The molecule has 2 aromatic carbocycles.